The number of thiazole rings is 1. The smallest absolute Gasteiger partial charge is 0.273 e. The fourth-order valence-corrected chi connectivity index (χ4v) is 4.28. The Balaban J connectivity index is 2.33. The Hall–Kier alpha value is -1.31. The molecule has 0 bridgehead atoms. The van der Waals surface area contributed by atoms with Crippen LogP contribution in [0.3, 0.4) is 0 Å². The number of hydrogen-bond acceptors (Lipinski definition) is 5. The van der Waals surface area contributed by atoms with Crippen molar-refractivity contribution in [3.63, 3.8) is 0 Å². The molecule has 1 heterocycles. The molecule has 0 spiro atoms. The molecule has 0 radical (unpaired) electrons. The second-order valence-corrected chi connectivity index (χ2v) is 7.14. The minimum absolute atomic E-state index is 0.111. The topological polar surface area (TPSA) is 68.3 Å². The van der Waals surface area contributed by atoms with E-state index in [-0.39, 0.29) is 8.68 Å². The number of aryl methyl sites for hydroxylation is 1. The predicted octanol–water partition coefficient (Wildman–Crippen LogP) is 2.91. The Kier molecular flexibility index (Phi) is 3.98. The molecule has 0 saturated carbocycles. The molecule has 1 aromatic carbocycles. The van der Waals surface area contributed by atoms with Gasteiger partial charge in [0.05, 0.1) is 18.5 Å². The van der Waals surface area contributed by atoms with Crippen LogP contribution in [0.15, 0.2) is 28.5 Å². The number of nitrogens with zero attached hydrogens (tertiary/aromatic N) is 1. The van der Waals surface area contributed by atoms with Crippen LogP contribution >= 0.6 is 22.9 Å². The second-order valence-electron chi connectivity index (χ2n) is 3.68. The maximum atomic E-state index is 12.2. The summed E-state index contributed by atoms with van der Waals surface area (Å²) in [6.45, 7) is 1.60. The van der Waals surface area contributed by atoms with Crippen molar-refractivity contribution in [2.24, 2.45) is 0 Å². The maximum absolute atomic E-state index is 12.2. The van der Waals surface area contributed by atoms with E-state index in [9.17, 15) is 8.42 Å². The first-order valence-corrected chi connectivity index (χ1v) is 7.90. The third kappa shape index (κ3) is 3.17. The largest absolute Gasteiger partial charge is 0.497 e. The Labute approximate surface area is 120 Å². The number of sulfonamides is 1. The van der Waals surface area contributed by atoms with E-state index in [1.165, 1.54) is 7.11 Å². The van der Waals surface area contributed by atoms with Crippen LogP contribution in [-0.4, -0.2) is 20.5 Å². The minimum Gasteiger partial charge on any atom is -0.497 e. The second kappa shape index (κ2) is 5.36. The molecule has 0 atom stereocenters. The lowest BCUT2D eigenvalue weighted by molar-refractivity contribution is 0.415. The van der Waals surface area contributed by atoms with E-state index in [2.05, 4.69) is 9.71 Å². The number of benzene rings is 1. The van der Waals surface area contributed by atoms with Gasteiger partial charge in [0, 0.05) is 6.07 Å². The molecule has 1 N–H and O–H groups in total. The molecule has 0 amide bonds. The molecule has 19 heavy (non-hydrogen) atoms. The van der Waals surface area contributed by atoms with Gasteiger partial charge < -0.3 is 4.74 Å². The van der Waals surface area contributed by atoms with Crippen LogP contribution in [0.5, 0.6) is 5.75 Å². The van der Waals surface area contributed by atoms with Gasteiger partial charge in [-0.15, -0.1) is 0 Å². The summed E-state index contributed by atoms with van der Waals surface area (Å²) >= 11 is 6.64. The third-order valence-electron chi connectivity index (χ3n) is 2.29. The van der Waals surface area contributed by atoms with E-state index in [0.717, 1.165) is 11.3 Å². The zero-order valence-corrected chi connectivity index (χ0v) is 12.6. The SMILES string of the molecule is COc1cccc(NS(=O)(=O)c2sc(Cl)nc2C)c1. The number of hydrogen-bond donors (Lipinski definition) is 1. The van der Waals surface area contributed by atoms with Gasteiger partial charge in [0.2, 0.25) is 0 Å². The molecule has 5 nitrogen and oxygen atoms in total. The summed E-state index contributed by atoms with van der Waals surface area (Å²) in [5.41, 5.74) is 0.800. The van der Waals surface area contributed by atoms with Crippen LogP contribution in [0.2, 0.25) is 4.47 Å². The lowest BCUT2D eigenvalue weighted by Gasteiger charge is -2.08. The van der Waals surface area contributed by atoms with Gasteiger partial charge in [-0.2, -0.15) is 0 Å². The summed E-state index contributed by atoms with van der Waals surface area (Å²) in [6.07, 6.45) is 0. The molecule has 0 fully saturated rings. The molecule has 0 aliphatic rings. The van der Waals surface area contributed by atoms with Gasteiger partial charge in [-0.05, 0) is 19.1 Å². The van der Waals surface area contributed by atoms with Crippen LogP contribution in [0, 0.1) is 6.92 Å². The highest BCUT2D eigenvalue weighted by molar-refractivity contribution is 7.94. The first-order chi connectivity index (χ1) is 8.92. The highest BCUT2D eigenvalue weighted by atomic mass is 35.5. The van der Waals surface area contributed by atoms with Crippen molar-refractivity contribution in [3.8, 4) is 5.75 Å². The summed E-state index contributed by atoms with van der Waals surface area (Å²) in [5, 5.41) is 0. The highest BCUT2D eigenvalue weighted by Crippen LogP contribution is 2.29. The quantitative estimate of drug-likeness (QED) is 0.941. The van der Waals surface area contributed by atoms with Gasteiger partial charge in [-0.3, -0.25) is 4.72 Å². The highest BCUT2D eigenvalue weighted by Gasteiger charge is 2.21. The number of ether oxygens (including phenoxy) is 1. The average Bonchev–Trinajstić information content (AvgIpc) is 2.69. The van der Waals surface area contributed by atoms with Crippen molar-refractivity contribution >= 4 is 38.6 Å². The Bertz CT molecular complexity index is 698. The Morgan fingerprint density at radius 3 is 2.74 bits per heavy atom. The van der Waals surface area contributed by atoms with Crippen LogP contribution in [0.4, 0.5) is 5.69 Å². The van der Waals surface area contributed by atoms with E-state index in [4.69, 9.17) is 16.3 Å². The van der Waals surface area contributed by atoms with Gasteiger partial charge >= 0.3 is 0 Å². The number of rotatable bonds is 4. The molecule has 2 aromatic rings. The van der Waals surface area contributed by atoms with Gasteiger partial charge in [0.15, 0.2) is 8.68 Å². The van der Waals surface area contributed by atoms with Gasteiger partial charge in [0.1, 0.15) is 5.75 Å². The fraction of sp³-hybridized carbons (Fsp3) is 0.182. The van der Waals surface area contributed by atoms with E-state index in [1.807, 2.05) is 0 Å². The van der Waals surface area contributed by atoms with Crippen LogP contribution in [0.25, 0.3) is 0 Å². The molecule has 0 unspecified atom stereocenters. The van der Waals surface area contributed by atoms with Crippen LogP contribution < -0.4 is 9.46 Å². The molecule has 0 saturated heterocycles. The number of aromatic nitrogens is 1. The summed E-state index contributed by atoms with van der Waals surface area (Å²) in [5.74, 6) is 0.569. The summed E-state index contributed by atoms with van der Waals surface area (Å²) < 4.78 is 32.2. The summed E-state index contributed by atoms with van der Waals surface area (Å²) in [7, 11) is -2.17. The summed E-state index contributed by atoms with van der Waals surface area (Å²) in [4.78, 5) is 3.89. The third-order valence-corrected chi connectivity index (χ3v) is 5.55. The number of methoxy groups -OCH3 is 1. The number of nitrogens with one attached hydrogen (secondary N) is 1. The maximum Gasteiger partial charge on any atom is 0.273 e. The molecule has 0 aliphatic heterocycles. The van der Waals surface area contributed by atoms with Crippen molar-refractivity contribution in [2.75, 3.05) is 11.8 Å². The molecule has 1 aromatic heterocycles. The van der Waals surface area contributed by atoms with Crippen molar-refractivity contribution in [3.05, 3.63) is 34.4 Å². The van der Waals surface area contributed by atoms with E-state index >= 15 is 0 Å². The van der Waals surface area contributed by atoms with Crippen molar-refractivity contribution in [1.82, 2.24) is 4.98 Å². The first-order valence-electron chi connectivity index (χ1n) is 5.22. The van der Waals surface area contributed by atoms with E-state index in [1.54, 1.807) is 31.2 Å². The zero-order valence-electron chi connectivity index (χ0n) is 10.2. The van der Waals surface area contributed by atoms with Crippen molar-refractivity contribution in [1.29, 1.82) is 0 Å². The van der Waals surface area contributed by atoms with Gasteiger partial charge in [-0.1, -0.05) is 29.0 Å². The predicted molar refractivity (Wildman–Crippen MR) is 75.7 cm³/mol. The monoisotopic (exact) mass is 318 g/mol. The Morgan fingerprint density at radius 2 is 2.16 bits per heavy atom. The van der Waals surface area contributed by atoms with Crippen LogP contribution in [0.1, 0.15) is 5.69 Å². The standard InChI is InChI=1S/C11H11ClN2O3S2/c1-7-10(18-11(12)13-7)19(15,16)14-8-4-3-5-9(6-8)17-2/h3-6,14H,1-2H3. The zero-order chi connectivity index (χ0) is 14.0. The van der Waals surface area contributed by atoms with E-state index in [0.29, 0.717) is 17.1 Å². The lowest BCUT2D eigenvalue weighted by Crippen LogP contribution is -2.12. The van der Waals surface area contributed by atoms with Crippen molar-refractivity contribution in [2.45, 2.75) is 11.1 Å². The molecule has 0 aliphatic carbocycles. The first kappa shape index (κ1) is 14.1. The van der Waals surface area contributed by atoms with E-state index < -0.39 is 10.0 Å². The molecular formula is C11H11ClN2O3S2. The normalized spacial score (nSPS) is 11.3. The number of halogens is 1. The average molecular weight is 319 g/mol. The Morgan fingerprint density at radius 1 is 1.42 bits per heavy atom. The lowest BCUT2D eigenvalue weighted by atomic mass is 10.3. The fourth-order valence-electron chi connectivity index (χ4n) is 1.49. The molecular weight excluding hydrogens is 308 g/mol. The van der Waals surface area contributed by atoms with Gasteiger partial charge in [0.25, 0.3) is 10.0 Å². The molecule has 8 heteroatoms. The summed E-state index contributed by atoms with van der Waals surface area (Å²) in [6, 6.07) is 6.66. The molecule has 102 valence electrons. The van der Waals surface area contributed by atoms with Crippen molar-refractivity contribution < 1.29 is 13.2 Å². The molecule has 2 rings (SSSR count). The number of anilines is 1. The minimum atomic E-state index is -3.68. The van der Waals surface area contributed by atoms with Crippen LogP contribution in [-0.2, 0) is 10.0 Å². The van der Waals surface area contributed by atoms with Gasteiger partial charge in [-0.25, -0.2) is 13.4 Å².